The average Bonchev–Trinajstić information content (AvgIpc) is 3.57. The minimum atomic E-state index is -4.46. The first kappa shape index (κ1) is 28.5. The molecule has 0 aliphatic carbocycles. The maximum Gasteiger partial charge on any atom is 0.416 e. The number of carbonyl (C=O) groups excluding carboxylic acids is 3. The summed E-state index contributed by atoms with van der Waals surface area (Å²) in [5, 5.41) is 19.0. The van der Waals surface area contributed by atoms with Crippen LogP contribution in [-0.2, 0) is 12.7 Å². The summed E-state index contributed by atoms with van der Waals surface area (Å²) in [4.78, 5) is 37.1. The zero-order valence-corrected chi connectivity index (χ0v) is 22.3. The number of aromatic hydroxyl groups is 1. The van der Waals surface area contributed by atoms with Gasteiger partial charge in [-0.2, -0.15) is 18.3 Å². The lowest BCUT2D eigenvalue weighted by Gasteiger charge is -2.07. The van der Waals surface area contributed by atoms with Crippen LogP contribution in [0.3, 0.4) is 0 Å². The number of halogens is 3. The van der Waals surface area contributed by atoms with Crippen molar-refractivity contribution in [3.05, 3.63) is 98.1 Å². The van der Waals surface area contributed by atoms with Crippen LogP contribution in [0.2, 0.25) is 0 Å². The zero-order chi connectivity index (χ0) is 29.0. The lowest BCUT2D eigenvalue weighted by atomic mass is 10.1. The lowest BCUT2D eigenvalue weighted by molar-refractivity contribution is -0.137. The van der Waals surface area contributed by atoms with Gasteiger partial charge in [0, 0.05) is 17.5 Å². The van der Waals surface area contributed by atoms with Gasteiger partial charge in [0.05, 0.1) is 31.5 Å². The molecule has 5 N–H and O–H groups in total. The van der Waals surface area contributed by atoms with Gasteiger partial charge in [-0.3, -0.25) is 14.4 Å². The lowest BCUT2D eigenvalue weighted by Crippen LogP contribution is -2.22. The molecule has 2 aromatic carbocycles. The molecule has 0 atom stereocenters. The number of benzene rings is 2. The molecule has 8 nitrogen and oxygen atoms in total. The third kappa shape index (κ3) is 6.55. The minimum absolute atomic E-state index is 0.167. The van der Waals surface area contributed by atoms with Gasteiger partial charge in [0.25, 0.3) is 11.8 Å². The number of hydrogen-bond donors (Lipinski definition) is 4. The molecule has 0 saturated carbocycles. The highest BCUT2D eigenvalue weighted by Gasteiger charge is 2.30. The van der Waals surface area contributed by atoms with E-state index >= 15 is 0 Å². The van der Waals surface area contributed by atoms with Crippen molar-refractivity contribution < 1.29 is 32.7 Å². The second-order valence-electron chi connectivity index (χ2n) is 8.45. The topological polar surface area (TPSA) is 134 Å². The van der Waals surface area contributed by atoms with E-state index in [1.165, 1.54) is 24.3 Å². The fourth-order valence-corrected chi connectivity index (χ4v) is 5.34. The summed E-state index contributed by atoms with van der Waals surface area (Å²) in [5.41, 5.74) is 8.92. The maximum atomic E-state index is 12.8. The summed E-state index contributed by atoms with van der Waals surface area (Å²) in [7, 11) is 0. The molecule has 0 radical (unpaired) electrons. The third-order valence-corrected chi connectivity index (χ3v) is 7.80. The first-order valence-corrected chi connectivity index (χ1v) is 13.2. The Hall–Kier alpha value is -4.49. The molecule has 0 aliphatic heterocycles. The fraction of sp³-hybridized carbons (Fsp3) is 0.111. The van der Waals surface area contributed by atoms with Crippen LogP contribution in [-0.4, -0.2) is 28.5 Å². The highest BCUT2D eigenvalue weighted by atomic mass is 32.1. The summed E-state index contributed by atoms with van der Waals surface area (Å²) >= 11 is 2.09. The predicted octanol–water partition coefficient (Wildman–Crippen LogP) is 5.38. The Morgan fingerprint density at radius 2 is 1.57 bits per heavy atom. The molecule has 2 aromatic heterocycles. The van der Waals surface area contributed by atoms with Crippen molar-refractivity contribution in [1.82, 2.24) is 10.7 Å². The van der Waals surface area contributed by atoms with Gasteiger partial charge < -0.3 is 16.2 Å². The first-order valence-electron chi connectivity index (χ1n) is 11.5. The molecule has 4 aromatic rings. The van der Waals surface area contributed by atoms with Crippen LogP contribution < -0.4 is 16.5 Å². The molecule has 0 spiro atoms. The van der Waals surface area contributed by atoms with Crippen molar-refractivity contribution in [3.8, 4) is 16.2 Å². The summed E-state index contributed by atoms with van der Waals surface area (Å²) in [6.45, 7) is 1.77. The van der Waals surface area contributed by atoms with E-state index in [-0.39, 0.29) is 28.8 Å². The normalized spacial score (nSPS) is 11.8. The molecule has 4 rings (SSSR count). The second-order valence-corrected chi connectivity index (χ2v) is 10.4. The molecule has 40 heavy (non-hydrogen) atoms. The quantitative estimate of drug-likeness (QED) is 0.163. The van der Waals surface area contributed by atoms with Gasteiger partial charge in [0.2, 0.25) is 5.91 Å². The van der Waals surface area contributed by atoms with Crippen molar-refractivity contribution in [2.45, 2.75) is 19.6 Å². The number of alkyl halides is 3. The third-order valence-electron chi connectivity index (χ3n) is 5.70. The van der Waals surface area contributed by atoms with Crippen molar-refractivity contribution in [3.63, 3.8) is 0 Å². The van der Waals surface area contributed by atoms with Gasteiger partial charge in [0.1, 0.15) is 5.75 Å². The Morgan fingerprint density at radius 1 is 0.950 bits per heavy atom. The van der Waals surface area contributed by atoms with Gasteiger partial charge in [-0.15, -0.1) is 22.7 Å². The number of hydrogen-bond acceptors (Lipinski definition) is 7. The van der Waals surface area contributed by atoms with Crippen LogP contribution in [0.4, 0.5) is 13.2 Å². The van der Waals surface area contributed by atoms with E-state index in [1.54, 1.807) is 36.6 Å². The SMILES string of the molecule is CC(=NNC(=O)c1ccc(C(=O)NCc2ccc(C(N)=O)cc2)s1)c1csc(-c2ccc(C(F)(F)F)cc2)c1O. The van der Waals surface area contributed by atoms with Crippen molar-refractivity contribution in [2.24, 2.45) is 10.8 Å². The van der Waals surface area contributed by atoms with Crippen molar-refractivity contribution >= 4 is 46.1 Å². The van der Waals surface area contributed by atoms with E-state index in [0.717, 1.165) is 40.4 Å². The van der Waals surface area contributed by atoms with Gasteiger partial charge >= 0.3 is 6.18 Å². The molecule has 13 heteroatoms. The number of hydrazone groups is 1. The van der Waals surface area contributed by atoms with Crippen molar-refractivity contribution in [1.29, 1.82) is 0 Å². The molecule has 0 aliphatic rings. The minimum Gasteiger partial charge on any atom is -0.506 e. The largest absolute Gasteiger partial charge is 0.506 e. The molecule has 0 bridgehead atoms. The monoisotopic (exact) mass is 586 g/mol. The maximum absolute atomic E-state index is 12.8. The first-order chi connectivity index (χ1) is 18.9. The van der Waals surface area contributed by atoms with E-state index in [2.05, 4.69) is 15.8 Å². The molecule has 0 unspecified atom stereocenters. The van der Waals surface area contributed by atoms with E-state index in [1.807, 2.05) is 0 Å². The van der Waals surface area contributed by atoms with Crippen LogP contribution in [0, 0.1) is 0 Å². The van der Waals surface area contributed by atoms with Crippen LogP contribution in [0.25, 0.3) is 10.4 Å². The zero-order valence-electron chi connectivity index (χ0n) is 20.7. The Morgan fingerprint density at radius 3 is 2.17 bits per heavy atom. The summed E-state index contributed by atoms with van der Waals surface area (Å²) < 4.78 is 38.5. The highest BCUT2D eigenvalue weighted by Crippen LogP contribution is 2.40. The van der Waals surface area contributed by atoms with Gasteiger partial charge in [0.15, 0.2) is 0 Å². The fourth-order valence-electron chi connectivity index (χ4n) is 3.51. The number of nitrogens with zero attached hydrogens (tertiary/aromatic N) is 1. The second kappa shape index (κ2) is 11.7. The van der Waals surface area contributed by atoms with Crippen LogP contribution in [0.5, 0.6) is 5.75 Å². The van der Waals surface area contributed by atoms with Crippen molar-refractivity contribution in [2.75, 3.05) is 0 Å². The molecular formula is C27H21F3N4O4S2. The molecule has 3 amide bonds. The summed E-state index contributed by atoms with van der Waals surface area (Å²) in [6.07, 6.45) is -4.46. The van der Waals surface area contributed by atoms with Crippen LogP contribution in [0.15, 0.2) is 71.1 Å². The number of primary amides is 1. The van der Waals surface area contributed by atoms with Gasteiger partial charge in [-0.1, -0.05) is 24.3 Å². The van der Waals surface area contributed by atoms with E-state index in [4.69, 9.17) is 5.73 Å². The Bertz CT molecular complexity index is 1590. The number of carbonyl (C=O) groups is 3. The smallest absolute Gasteiger partial charge is 0.416 e. The molecule has 0 fully saturated rings. The average molecular weight is 587 g/mol. The molecule has 2 heterocycles. The molecular weight excluding hydrogens is 565 g/mol. The van der Waals surface area contributed by atoms with Gasteiger partial charge in [-0.05, 0) is 54.4 Å². The van der Waals surface area contributed by atoms with Crippen LogP contribution in [0.1, 0.15) is 53.3 Å². The standard InChI is InChI=1S/C27H21F3N4O4S2/c1-14(19-13-39-23(22(19)35)16-6-8-18(9-7-16)27(28,29)30)33-34-26(38)21-11-10-20(40-21)25(37)32-12-15-2-4-17(5-3-15)24(31)36/h2-11,13,35H,12H2,1H3,(H2,31,36)(H,32,37)(H,34,38). The molecule has 206 valence electrons. The van der Waals surface area contributed by atoms with E-state index in [0.29, 0.717) is 26.4 Å². The highest BCUT2D eigenvalue weighted by molar-refractivity contribution is 7.16. The van der Waals surface area contributed by atoms with Crippen LogP contribution >= 0.6 is 22.7 Å². The van der Waals surface area contributed by atoms with E-state index in [9.17, 15) is 32.7 Å². The number of nitrogens with two attached hydrogens (primary N) is 1. The number of rotatable bonds is 8. The summed E-state index contributed by atoms with van der Waals surface area (Å²) in [6, 6.07) is 13.9. The number of nitrogens with one attached hydrogen (secondary N) is 2. The summed E-state index contributed by atoms with van der Waals surface area (Å²) in [5.74, 6) is -1.67. The Labute approximate surface area is 234 Å². The predicted molar refractivity (Wildman–Crippen MR) is 147 cm³/mol. The number of amides is 3. The molecule has 0 saturated heterocycles. The Balaban J connectivity index is 1.36. The van der Waals surface area contributed by atoms with Gasteiger partial charge in [-0.25, -0.2) is 5.43 Å². The Kier molecular flexibility index (Phi) is 8.35. The van der Waals surface area contributed by atoms with E-state index < -0.39 is 23.6 Å². The number of thiophene rings is 2.